The fourth-order valence-electron chi connectivity index (χ4n) is 2.71. The number of rotatable bonds is 3. The summed E-state index contributed by atoms with van der Waals surface area (Å²) in [6, 6.07) is 5.45. The molecule has 0 radical (unpaired) electrons. The van der Waals surface area contributed by atoms with Crippen molar-refractivity contribution in [1.29, 1.82) is 0 Å². The van der Waals surface area contributed by atoms with Gasteiger partial charge in [-0.25, -0.2) is 4.39 Å². The molecule has 1 aliphatic rings. The number of nitrogens with zero attached hydrogens (tertiary/aromatic N) is 3. The van der Waals surface area contributed by atoms with E-state index in [1.165, 1.54) is 35.6 Å². The summed E-state index contributed by atoms with van der Waals surface area (Å²) < 4.78 is 13.0. The van der Waals surface area contributed by atoms with Gasteiger partial charge in [0.15, 0.2) is 0 Å². The molecular weight excluding hydrogens is 331 g/mol. The van der Waals surface area contributed by atoms with Crippen LogP contribution in [0.3, 0.4) is 0 Å². The Labute approximate surface area is 142 Å². The number of hydrogen-bond acceptors (Lipinski definition) is 5. The molecule has 8 heteroatoms. The van der Waals surface area contributed by atoms with Crippen LogP contribution in [0.5, 0.6) is 0 Å². The molecule has 126 valence electrons. The molecule has 3 rings (SSSR count). The van der Waals surface area contributed by atoms with E-state index in [1.54, 1.807) is 4.90 Å². The first-order valence-corrected chi connectivity index (χ1v) is 8.50. The molecule has 1 aliphatic heterocycles. The molecule has 1 aromatic carbocycles. The smallest absolute Gasteiger partial charge is 0.253 e. The largest absolute Gasteiger partial charge is 0.338 e. The normalized spacial score (nSPS) is 17.6. The van der Waals surface area contributed by atoms with E-state index in [-0.39, 0.29) is 23.5 Å². The van der Waals surface area contributed by atoms with Crippen molar-refractivity contribution in [3.63, 3.8) is 0 Å². The third-order valence-electron chi connectivity index (χ3n) is 3.93. The summed E-state index contributed by atoms with van der Waals surface area (Å²) in [5.74, 6) is -0.996. The van der Waals surface area contributed by atoms with Crippen LogP contribution in [0.15, 0.2) is 24.3 Å². The van der Waals surface area contributed by atoms with Crippen LogP contribution in [-0.4, -0.2) is 40.0 Å². The highest BCUT2D eigenvalue weighted by Crippen LogP contribution is 2.22. The standard InChI is InChI=1S/C16H17FN4O2S/c1-10-19-20-16(24-10)18-14(22)12-3-2-8-21(9-12)15(23)11-4-6-13(17)7-5-11/h4-7,12H,2-3,8-9H2,1H3,(H,18,20,22). The van der Waals surface area contributed by atoms with E-state index in [1.807, 2.05) is 6.92 Å². The number of anilines is 1. The molecular formula is C16H17FN4O2S. The molecule has 2 aromatic rings. The fraction of sp³-hybridized carbons (Fsp3) is 0.375. The van der Waals surface area contributed by atoms with Gasteiger partial charge in [0.2, 0.25) is 11.0 Å². The highest BCUT2D eigenvalue weighted by Gasteiger charge is 2.29. The predicted octanol–water partition coefficient (Wildman–Crippen LogP) is 2.48. The van der Waals surface area contributed by atoms with Gasteiger partial charge in [0.25, 0.3) is 5.91 Å². The molecule has 1 N–H and O–H groups in total. The Morgan fingerprint density at radius 3 is 2.71 bits per heavy atom. The summed E-state index contributed by atoms with van der Waals surface area (Å²) in [6.07, 6.45) is 1.47. The monoisotopic (exact) mass is 348 g/mol. The number of halogens is 1. The lowest BCUT2D eigenvalue weighted by Gasteiger charge is -2.32. The van der Waals surface area contributed by atoms with Gasteiger partial charge < -0.3 is 10.2 Å². The highest BCUT2D eigenvalue weighted by molar-refractivity contribution is 7.15. The zero-order chi connectivity index (χ0) is 17.1. The van der Waals surface area contributed by atoms with E-state index in [0.29, 0.717) is 23.8 Å². The minimum Gasteiger partial charge on any atom is -0.338 e. The average molecular weight is 348 g/mol. The summed E-state index contributed by atoms with van der Waals surface area (Å²) in [6.45, 7) is 2.76. The van der Waals surface area contributed by atoms with Gasteiger partial charge >= 0.3 is 0 Å². The van der Waals surface area contributed by atoms with Gasteiger partial charge in [0.1, 0.15) is 10.8 Å². The van der Waals surface area contributed by atoms with Crippen molar-refractivity contribution in [3.05, 3.63) is 40.7 Å². The first-order valence-electron chi connectivity index (χ1n) is 7.69. The van der Waals surface area contributed by atoms with Crippen LogP contribution in [0.2, 0.25) is 0 Å². The zero-order valence-corrected chi connectivity index (χ0v) is 14.0. The van der Waals surface area contributed by atoms with E-state index in [0.717, 1.165) is 17.8 Å². The number of likely N-dealkylation sites (tertiary alicyclic amines) is 1. The number of hydrogen-bond donors (Lipinski definition) is 1. The van der Waals surface area contributed by atoms with E-state index in [2.05, 4.69) is 15.5 Å². The quantitative estimate of drug-likeness (QED) is 0.925. The molecule has 1 saturated heterocycles. The maximum absolute atomic E-state index is 13.0. The van der Waals surface area contributed by atoms with Crippen LogP contribution in [0.4, 0.5) is 9.52 Å². The van der Waals surface area contributed by atoms with E-state index >= 15 is 0 Å². The Kier molecular flexibility index (Phi) is 4.84. The van der Waals surface area contributed by atoms with Crippen molar-refractivity contribution >= 4 is 28.3 Å². The van der Waals surface area contributed by atoms with Gasteiger partial charge in [-0.15, -0.1) is 10.2 Å². The minimum absolute atomic E-state index is 0.150. The number of benzene rings is 1. The fourth-order valence-corrected chi connectivity index (χ4v) is 3.30. The maximum atomic E-state index is 13.0. The summed E-state index contributed by atoms with van der Waals surface area (Å²) in [5, 5.41) is 11.8. The van der Waals surface area contributed by atoms with Crippen LogP contribution < -0.4 is 5.32 Å². The molecule has 1 unspecified atom stereocenters. The molecule has 1 aromatic heterocycles. The van der Waals surface area contributed by atoms with Crippen molar-refractivity contribution in [2.75, 3.05) is 18.4 Å². The molecule has 1 fully saturated rings. The Hall–Kier alpha value is -2.35. The van der Waals surface area contributed by atoms with Gasteiger partial charge in [-0.05, 0) is 44.0 Å². The second kappa shape index (κ2) is 7.04. The molecule has 2 heterocycles. The molecule has 0 saturated carbocycles. The van der Waals surface area contributed by atoms with Gasteiger partial charge in [0.05, 0.1) is 5.92 Å². The SMILES string of the molecule is Cc1nnc(NC(=O)C2CCCN(C(=O)c3ccc(F)cc3)C2)s1. The van der Waals surface area contributed by atoms with Crippen LogP contribution in [0.25, 0.3) is 0 Å². The van der Waals surface area contributed by atoms with Crippen LogP contribution in [-0.2, 0) is 4.79 Å². The van der Waals surface area contributed by atoms with Crippen molar-refractivity contribution in [3.8, 4) is 0 Å². The molecule has 0 aliphatic carbocycles. The van der Waals surface area contributed by atoms with E-state index < -0.39 is 0 Å². The van der Waals surface area contributed by atoms with Gasteiger partial charge in [-0.3, -0.25) is 9.59 Å². The Morgan fingerprint density at radius 2 is 2.04 bits per heavy atom. The van der Waals surface area contributed by atoms with Gasteiger partial charge in [0, 0.05) is 18.7 Å². The Morgan fingerprint density at radius 1 is 1.29 bits per heavy atom. The van der Waals surface area contributed by atoms with Crippen LogP contribution >= 0.6 is 11.3 Å². The lowest BCUT2D eigenvalue weighted by atomic mass is 9.96. The number of aryl methyl sites for hydroxylation is 1. The third kappa shape index (κ3) is 3.76. The van der Waals surface area contributed by atoms with Gasteiger partial charge in [-0.1, -0.05) is 11.3 Å². The van der Waals surface area contributed by atoms with Crippen LogP contribution in [0.1, 0.15) is 28.2 Å². The summed E-state index contributed by atoms with van der Waals surface area (Å²) in [7, 11) is 0. The van der Waals surface area contributed by atoms with E-state index in [9.17, 15) is 14.0 Å². The van der Waals surface area contributed by atoms with Crippen molar-refractivity contribution in [2.24, 2.45) is 5.92 Å². The first kappa shape index (κ1) is 16.5. The number of carbonyl (C=O) groups is 2. The number of carbonyl (C=O) groups excluding carboxylic acids is 2. The second-order valence-corrected chi connectivity index (χ2v) is 6.89. The Bertz CT molecular complexity index is 747. The van der Waals surface area contributed by atoms with Gasteiger partial charge in [-0.2, -0.15) is 0 Å². The van der Waals surface area contributed by atoms with Crippen LogP contribution in [0, 0.1) is 18.7 Å². The predicted molar refractivity (Wildman–Crippen MR) is 88.3 cm³/mol. The highest BCUT2D eigenvalue weighted by atomic mass is 32.1. The maximum Gasteiger partial charge on any atom is 0.253 e. The molecule has 2 amide bonds. The topological polar surface area (TPSA) is 75.2 Å². The lowest BCUT2D eigenvalue weighted by Crippen LogP contribution is -2.43. The third-order valence-corrected chi connectivity index (χ3v) is 4.68. The van der Waals surface area contributed by atoms with Crippen molar-refractivity contribution in [1.82, 2.24) is 15.1 Å². The number of nitrogens with one attached hydrogen (secondary N) is 1. The molecule has 24 heavy (non-hydrogen) atoms. The van der Waals surface area contributed by atoms with Crippen molar-refractivity contribution in [2.45, 2.75) is 19.8 Å². The zero-order valence-electron chi connectivity index (χ0n) is 13.2. The molecule has 6 nitrogen and oxygen atoms in total. The second-order valence-electron chi connectivity index (χ2n) is 5.71. The Balaban J connectivity index is 1.64. The van der Waals surface area contributed by atoms with Crippen molar-refractivity contribution < 1.29 is 14.0 Å². The molecule has 0 spiro atoms. The number of aromatic nitrogens is 2. The average Bonchev–Trinajstić information content (AvgIpc) is 3.00. The summed E-state index contributed by atoms with van der Waals surface area (Å²) in [4.78, 5) is 26.5. The molecule has 0 bridgehead atoms. The molecule has 1 atom stereocenters. The number of amides is 2. The summed E-state index contributed by atoms with van der Waals surface area (Å²) >= 11 is 1.32. The lowest BCUT2D eigenvalue weighted by molar-refractivity contribution is -0.121. The first-order chi connectivity index (χ1) is 11.5. The van der Waals surface area contributed by atoms with E-state index in [4.69, 9.17) is 0 Å². The summed E-state index contributed by atoms with van der Waals surface area (Å²) in [5.41, 5.74) is 0.428. The number of piperidine rings is 1. The minimum atomic E-state index is -0.380.